The Kier molecular flexibility index (Phi) is 8.50. The van der Waals surface area contributed by atoms with Gasteiger partial charge in [0.05, 0.1) is 11.5 Å². The van der Waals surface area contributed by atoms with Crippen LogP contribution < -0.4 is 4.74 Å². The molecule has 0 aromatic heterocycles. The lowest BCUT2D eigenvalue weighted by Crippen LogP contribution is -2.47. The molecule has 36 heavy (non-hydrogen) atoms. The first-order valence-electron chi connectivity index (χ1n) is 12.9. The van der Waals surface area contributed by atoms with Gasteiger partial charge in [0, 0.05) is 32.2 Å². The quantitative estimate of drug-likeness (QED) is 0.364. The molecule has 0 aliphatic carbocycles. The summed E-state index contributed by atoms with van der Waals surface area (Å²) in [5, 5.41) is 0. The average molecular weight is 507 g/mol. The van der Waals surface area contributed by atoms with Crippen molar-refractivity contribution in [2.75, 3.05) is 19.7 Å². The van der Waals surface area contributed by atoms with Crippen molar-refractivity contribution in [1.82, 2.24) is 9.21 Å². The molecule has 192 valence electrons. The second-order valence-corrected chi connectivity index (χ2v) is 11.7. The van der Waals surface area contributed by atoms with Crippen LogP contribution in [0.1, 0.15) is 47.6 Å². The molecule has 0 bridgehead atoms. The molecule has 5 nitrogen and oxygen atoms in total. The minimum absolute atomic E-state index is 0.0475. The molecule has 1 fully saturated rings. The number of ether oxygens (including phenoxy) is 1. The first-order valence-corrected chi connectivity index (χ1v) is 14.3. The van der Waals surface area contributed by atoms with Crippen LogP contribution in [0.3, 0.4) is 0 Å². The van der Waals surface area contributed by atoms with Gasteiger partial charge in [-0.25, -0.2) is 8.42 Å². The standard InChI is InChI=1S/C30H38N2O3S/c1-5-35-29-13-11-27(12-14-29)22-32(36(33,34)30-24(3)19-23(2)20-25(30)4)28-15-17-31(18-16-28)21-26-9-7-6-8-10-26/h6-14,19-20,28H,5,15-18,21-22H2,1-4H3. The molecule has 0 spiro atoms. The van der Waals surface area contributed by atoms with Crippen molar-refractivity contribution in [1.29, 1.82) is 0 Å². The van der Waals surface area contributed by atoms with Gasteiger partial charge in [0.2, 0.25) is 10.0 Å². The van der Waals surface area contributed by atoms with Gasteiger partial charge < -0.3 is 4.74 Å². The lowest BCUT2D eigenvalue weighted by molar-refractivity contribution is 0.150. The largest absolute Gasteiger partial charge is 0.494 e. The maximum Gasteiger partial charge on any atom is 0.244 e. The summed E-state index contributed by atoms with van der Waals surface area (Å²) < 4.78 is 35.8. The first-order chi connectivity index (χ1) is 17.3. The Labute approximate surface area is 216 Å². The van der Waals surface area contributed by atoms with Crippen molar-refractivity contribution in [2.24, 2.45) is 0 Å². The van der Waals surface area contributed by atoms with E-state index in [9.17, 15) is 8.42 Å². The highest BCUT2D eigenvalue weighted by Crippen LogP contribution is 2.31. The third-order valence-electron chi connectivity index (χ3n) is 6.96. The number of aryl methyl sites for hydroxylation is 3. The molecule has 1 aliphatic rings. The van der Waals surface area contributed by atoms with E-state index in [0.717, 1.165) is 60.5 Å². The van der Waals surface area contributed by atoms with Crippen LogP contribution in [0, 0.1) is 20.8 Å². The SMILES string of the molecule is CCOc1ccc(CN(C2CCN(Cc3ccccc3)CC2)S(=O)(=O)c2c(C)cc(C)cc2C)cc1. The maximum atomic E-state index is 14.2. The minimum atomic E-state index is -3.69. The second-order valence-electron chi connectivity index (χ2n) is 9.85. The van der Waals surface area contributed by atoms with Gasteiger partial charge >= 0.3 is 0 Å². The number of piperidine rings is 1. The minimum Gasteiger partial charge on any atom is -0.494 e. The van der Waals surface area contributed by atoms with Gasteiger partial charge in [-0.3, -0.25) is 4.90 Å². The van der Waals surface area contributed by atoms with Crippen molar-refractivity contribution >= 4 is 10.0 Å². The van der Waals surface area contributed by atoms with Crippen LogP contribution >= 0.6 is 0 Å². The summed E-state index contributed by atoms with van der Waals surface area (Å²) in [7, 11) is -3.69. The monoisotopic (exact) mass is 506 g/mol. The zero-order valence-corrected chi connectivity index (χ0v) is 22.7. The van der Waals surface area contributed by atoms with Crippen molar-refractivity contribution < 1.29 is 13.2 Å². The van der Waals surface area contributed by atoms with Gasteiger partial charge in [-0.15, -0.1) is 0 Å². The number of hydrogen-bond acceptors (Lipinski definition) is 4. The Morgan fingerprint density at radius 1 is 0.889 bits per heavy atom. The summed E-state index contributed by atoms with van der Waals surface area (Å²) >= 11 is 0. The summed E-state index contributed by atoms with van der Waals surface area (Å²) in [6.45, 7) is 11.4. The zero-order chi connectivity index (χ0) is 25.7. The van der Waals surface area contributed by atoms with Crippen molar-refractivity contribution in [3.05, 3.63) is 94.5 Å². The van der Waals surface area contributed by atoms with E-state index in [4.69, 9.17) is 4.74 Å². The number of benzene rings is 3. The number of likely N-dealkylation sites (tertiary alicyclic amines) is 1. The summed E-state index contributed by atoms with van der Waals surface area (Å²) in [6.07, 6.45) is 1.63. The molecule has 1 aliphatic heterocycles. The lowest BCUT2D eigenvalue weighted by atomic mass is 10.0. The van der Waals surface area contributed by atoms with Crippen LogP contribution in [0.15, 0.2) is 71.6 Å². The summed E-state index contributed by atoms with van der Waals surface area (Å²) in [5.41, 5.74) is 4.96. The summed E-state index contributed by atoms with van der Waals surface area (Å²) in [6, 6.07) is 22.2. The van der Waals surface area contributed by atoms with E-state index in [1.54, 1.807) is 4.31 Å². The molecule has 0 atom stereocenters. The van der Waals surface area contributed by atoms with Crippen LogP contribution in [0.4, 0.5) is 0 Å². The van der Waals surface area contributed by atoms with E-state index in [2.05, 4.69) is 29.2 Å². The Bertz CT molecular complexity index is 1230. The fraction of sp³-hybridized carbons (Fsp3) is 0.400. The Hall–Kier alpha value is -2.67. The van der Waals surface area contributed by atoms with E-state index >= 15 is 0 Å². The average Bonchev–Trinajstić information content (AvgIpc) is 2.84. The Morgan fingerprint density at radius 2 is 1.50 bits per heavy atom. The molecule has 6 heteroatoms. The predicted molar refractivity (Wildman–Crippen MR) is 146 cm³/mol. The Morgan fingerprint density at radius 3 is 2.08 bits per heavy atom. The highest BCUT2D eigenvalue weighted by atomic mass is 32.2. The highest BCUT2D eigenvalue weighted by molar-refractivity contribution is 7.89. The Balaban J connectivity index is 1.60. The molecule has 1 heterocycles. The highest BCUT2D eigenvalue weighted by Gasteiger charge is 2.35. The molecule has 0 amide bonds. The van der Waals surface area contributed by atoms with Crippen LogP contribution in [0.25, 0.3) is 0 Å². The molecule has 0 N–H and O–H groups in total. The molecule has 0 saturated carbocycles. The van der Waals surface area contributed by atoms with Gasteiger partial charge in [0.25, 0.3) is 0 Å². The van der Waals surface area contributed by atoms with Crippen molar-refractivity contribution in [3.63, 3.8) is 0 Å². The number of rotatable bonds is 9. The van der Waals surface area contributed by atoms with Crippen molar-refractivity contribution in [3.8, 4) is 5.75 Å². The fourth-order valence-electron chi connectivity index (χ4n) is 5.35. The van der Waals surface area contributed by atoms with Gasteiger partial charge in [-0.1, -0.05) is 60.2 Å². The smallest absolute Gasteiger partial charge is 0.244 e. The molecule has 3 aromatic rings. The van der Waals surface area contributed by atoms with Gasteiger partial charge in [-0.2, -0.15) is 4.31 Å². The third kappa shape index (κ3) is 6.17. The second kappa shape index (κ2) is 11.6. The predicted octanol–water partition coefficient (Wildman–Crippen LogP) is 5.87. The van der Waals surface area contributed by atoms with Crippen LogP contribution in [0.5, 0.6) is 5.75 Å². The molecule has 1 saturated heterocycles. The van der Waals surface area contributed by atoms with Gasteiger partial charge in [-0.05, 0) is 74.9 Å². The lowest BCUT2D eigenvalue weighted by Gasteiger charge is -2.38. The molecule has 0 unspecified atom stereocenters. The molecular formula is C30H38N2O3S. The summed E-state index contributed by atoms with van der Waals surface area (Å²) in [4.78, 5) is 2.88. The molecule has 3 aromatic carbocycles. The van der Waals surface area contributed by atoms with E-state index in [1.807, 2.05) is 70.2 Å². The van der Waals surface area contributed by atoms with E-state index in [-0.39, 0.29) is 6.04 Å². The fourth-order valence-corrected chi connectivity index (χ4v) is 7.43. The molecule has 4 rings (SSSR count). The van der Waals surface area contributed by atoms with Gasteiger partial charge in [0.1, 0.15) is 5.75 Å². The topological polar surface area (TPSA) is 49.9 Å². The first kappa shape index (κ1) is 26.4. The van der Waals surface area contributed by atoms with Crippen LogP contribution in [-0.4, -0.2) is 43.4 Å². The maximum absolute atomic E-state index is 14.2. The van der Waals surface area contributed by atoms with E-state index in [1.165, 1.54) is 5.56 Å². The number of nitrogens with zero attached hydrogens (tertiary/aromatic N) is 2. The van der Waals surface area contributed by atoms with E-state index in [0.29, 0.717) is 18.0 Å². The number of sulfonamides is 1. The van der Waals surface area contributed by atoms with Crippen LogP contribution in [-0.2, 0) is 23.1 Å². The molecule has 0 radical (unpaired) electrons. The van der Waals surface area contributed by atoms with E-state index < -0.39 is 10.0 Å². The van der Waals surface area contributed by atoms with Gasteiger partial charge in [0.15, 0.2) is 0 Å². The third-order valence-corrected chi connectivity index (χ3v) is 9.16. The normalized spacial score (nSPS) is 15.4. The number of hydrogen-bond donors (Lipinski definition) is 0. The molecular weight excluding hydrogens is 468 g/mol. The zero-order valence-electron chi connectivity index (χ0n) is 21.9. The summed E-state index contributed by atoms with van der Waals surface area (Å²) in [5.74, 6) is 0.801. The van der Waals surface area contributed by atoms with Crippen molar-refractivity contribution in [2.45, 2.75) is 64.6 Å². The van der Waals surface area contributed by atoms with Crippen LogP contribution in [0.2, 0.25) is 0 Å².